The molecule has 0 spiro atoms. The summed E-state index contributed by atoms with van der Waals surface area (Å²) in [6.45, 7) is 0. The molecule has 2 N–H and O–H groups in total. The van der Waals surface area contributed by atoms with Crippen LogP contribution >= 0.6 is 23.2 Å². The number of hydrogen-bond acceptors (Lipinski definition) is 2. The van der Waals surface area contributed by atoms with Crippen LogP contribution in [0.5, 0.6) is 0 Å². The molecule has 0 saturated carbocycles. The van der Waals surface area contributed by atoms with E-state index < -0.39 is 11.9 Å². The van der Waals surface area contributed by atoms with Crippen LogP contribution in [0.2, 0.25) is 10.0 Å². The maximum Gasteiger partial charge on any atom is 0.145 e. The van der Waals surface area contributed by atoms with Gasteiger partial charge in [-0.3, -0.25) is 4.68 Å². The molecule has 0 aliphatic heterocycles. The van der Waals surface area contributed by atoms with Crippen molar-refractivity contribution in [2.24, 2.45) is 12.8 Å². The van der Waals surface area contributed by atoms with Crippen molar-refractivity contribution >= 4 is 23.2 Å². The lowest BCUT2D eigenvalue weighted by Crippen LogP contribution is -2.18. The third-order valence-corrected chi connectivity index (χ3v) is 3.34. The van der Waals surface area contributed by atoms with E-state index in [4.69, 9.17) is 28.9 Å². The second kappa shape index (κ2) is 5.26. The van der Waals surface area contributed by atoms with Crippen molar-refractivity contribution in [1.29, 1.82) is 0 Å². The van der Waals surface area contributed by atoms with Gasteiger partial charge in [-0.25, -0.2) is 4.39 Å². The third-order valence-electron chi connectivity index (χ3n) is 2.76. The van der Waals surface area contributed by atoms with Crippen LogP contribution in [0.1, 0.15) is 17.3 Å². The Morgan fingerprint density at radius 1 is 1.39 bits per heavy atom. The zero-order valence-corrected chi connectivity index (χ0v) is 11.2. The largest absolute Gasteiger partial charge is 0.322 e. The van der Waals surface area contributed by atoms with Gasteiger partial charge in [0, 0.05) is 7.05 Å². The Balaban J connectivity index is 2.27. The van der Waals surface area contributed by atoms with Crippen molar-refractivity contribution in [3.8, 4) is 0 Å². The van der Waals surface area contributed by atoms with Gasteiger partial charge in [0.25, 0.3) is 0 Å². The lowest BCUT2D eigenvalue weighted by molar-refractivity contribution is 0.574. The highest BCUT2D eigenvalue weighted by molar-refractivity contribution is 6.31. The molecule has 96 valence electrons. The van der Waals surface area contributed by atoms with Crippen molar-refractivity contribution in [3.05, 3.63) is 51.5 Å². The average molecular weight is 288 g/mol. The second-order valence-corrected chi connectivity index (χ2v) is 4.84. The Labute approximate surface area is 114 Å². The summed E-state index contributed by atoms with van der Waals surface area (Å²) in [5.41, 5.74) is 7.18. The topological polar surface area (TPSA) is 43.8 Å². The van der Waals surface area contributed by atoms with Gasteiger partial charge < -0.3 is 5.73 Å². The molecule has 0 aliphatic rings. The predicted molar refractivity (Wildman–Crippen MR) is 70.3 cm³/mol. The number of nitrogens with two attached hydrogens (primary N) is 1. The molecular formula is C12H12Cl2FN3. The van der Waals surface area contributed by atoms with E-state index >= 15 is 0 Å². The van der Waals surface area contributed by atoms with Crippen molar-refractivity contribution in [1.82, 2.24) is 9.78 Å². The molecule has 2 aromatic rings. The van der Waals surface area contributed by atoms with Crippen molar-refractivity contribution in [3.63, 3.8) is 0 Å². The van der Waals surface area contributed by atoms with E-state index in [1.54, 1.807) is 23.9 Å². The summed E-state index contributed by atoms with van der Waals surface area (Å²) in [5.74, 6) is -0.437. The molecule has 2 rings (SSSR count). The molecular weight excluding hydrogens is 276 g/mol. The molecule has 6 heteroatoms. The maximum absolute atomic E-state index is 13.8. The fourth-order valence-electron chi connectivity index (χ4n) is 1.88. The molecule has 1 atom stereocenters. The molecule has 1 heterocycles. The predicted octanol–water partition coefficient (Wildman–Crippen LogP) is 3.11. The standard InChI is InChI=1S/C12H12Cl2FN3/c1-18-12(9(14)6-17-18)10(16)5-7-3-2-4-8(13)11(7)15/h2-4,6,10H,5,16H2,1H3. The molecule has 0 saturated heterocycles. The first-order valence-electron chi connectivity index (χ1n) is 5.36. The van der Waals surface area contributed by atoms with Gasteiger partial charge in [0.2, 0.25) is 0 Å². The minimum absolute atomic E-state index is 0.0933. The summed E-state index contributed by atoms with van der Waals surface area (Å²) in [6, 6.07) is 4.42. The van der Waals surface area contributed by atoms with Crippen LogP contribution in [0.3, 0.4) is 0 Å². The van der Waals surface area contributed by atoms with Crippen LogP contribution in [0.4, 0.5) is 4.39 Å². The van der Waals surface area contributed by atoms with Crippen LogP contribution in [0.25, 0.3) is 0 Å². The number of benzene rings is 1. The van der Waals surface area contributed by atoms with Crippen molar-refractivity contribution in [2.75, 3.05) is 0 Å². The summed E-state index contributed by atoms with van der Waals surface area (Å²) in [7, 11) is 1.75. The van der Waals surface area contributed by atoms with E-state index in [-0.39, 0.29) is 5.02 Å². The van der Waals surface area contributed by atoms with Gasteiger partial charge in [-0.2, -0.15) is 5.10 Å². The smallest absolute Gasteiger partial charge is 0.145 e. The second-order valence-electron chi connectivity index (χ2n) is 4.02. The van der Waals surface area contributed by atoms with Crippen LogP contribution in [0, 0.1) is 5.82 Å². The van der Waals surface area contributed by atoms with Gasteiger partial charge in [0.05, 0.1) is 28.0 Å². The van der Waals surface area contributed by atoms with E-state index in [9.17, 15) is 4.39 Å². The third kappa shape index (κ3) is 2.51. The van der Waals surface area contributed by atoms with Gasteiger partial charge in [0.1, 0.15) is 5.82 Å². The number of rotatable bonds is 3. The Bertz CT molecular complexity index is 549. The van der Waals surface area contributed by atoms with Crippen molar-refractivity contribution < 1.29 is 4.39 Å². The molecule has 0 aliphatic carbocycles. The molecule has 0 bridgehead atoms. The van der Waals surface area contributed by atoms with E-state index in [1.165, 1.54) is 12.3 Å². The molecule has 1 aromatic heterocycles. The number of hydrogen-bond donors (Lipinski definition) is 1. The van der Waals surface area contributed by atoms with Crippen molar-refractivity contribution in [2.45, 2.75) is 12.5 Å². The highest BCUT2D eigenvalue weighted by atomic mass is 35.5. The quantitative estimate of drug-likeness (QED) is 0.943. The fraction of sp³-hybridized carbons (Fsp3) is 0.250. The molecule has 1 unspecified atom stereocenters. The normalized spacial score (nSPS) is 12.7. The van der Waals surface area contributed by atoms with Crippen LogP contribution < -0.4 is 5.73 Å². The SMILES string of the molecule is Cn1ncc(Cl)c1C(N)Cc1cccc(Cl)c1F. The van der Waals surface area contributed by atoms with Gasteiger partial charge >= 0.3 is 0 Å². The molecule has 0 radical (unpaired) electrons. The number of nitrogens with zero attached hydrogens (tertiary/aromatic N) is 2. The Kier molecular flexibility index (Phi) is 3.90. The zero-order chi connectivity index (χ0) is 13.3. The van der Waals surface area contributed by atoms with E-state index in [1.807, 2.05) is 0 Å². The summed E-state index contributed by atoms with van der Waals surface area (Å²) in [4.78, 5) is 0. The maximum atomic E-state index is 13.8. The molecule has 3 nitrogen and oxygen atoms in total. The van der Waals surface area contributed by atoms with Gasteiger partial charge in [-0.05, 0) is 18.1 Å². The van der Waals surface area contributed by atoms with Crippen LogP contribution in [0.15, 0.2) is 24.4 Å². The average Bonchev–Trinajstić information content (AvgIpc) is 2.65. The lowest BCUT2D eigenvalue weighted by atomic mass is 10.0. The van der Waals surface area contributed by atoms with Crippen LogP contribution in [-0.2, 0) is 13.5 Å². The Morgan fingerprint density at radius 2 is 2.11 bits per heavy atom. The van der Waals surface area contributed by atoms with E-state index in [2.05, 4.69) is 5.10 Å². The van der Waals surface area contributed by atoms with Gasteiger partial charge in [-0.15, -0.1) is 0 Å². The fourth-order valence-corrected chi connectivity index (χ4v) is 2.38. The first-order valence-corrected chi connectivity index (χ1v) is 6.12. The highest BCUT2D eigenvalue weighted by Gasteiger charge is 2.18. The van der Waals surface area contributed by atoms with E-state index in [0.717, 1.165) is 0 Å². The number of aromatic nitrogens is 2. The Hall–Kier alpha value is -1.10. The summed E-state index contributed by atoms with van der Waals surface area (Å²) >= 11 is 11.7. The van der Waals surface area contributed by atoms with Gasteiger partial charge in [0.15, 0.2) is 0 Å². The first kappa shape index (κ1) is 13.3. The molecule has 0 fully saturated rings. The summed E-state index contributed by atoms with van der Waals surface area (Å²) in [5, 5.41) is 4.58. The number of aryl methyl sites for hydroxylation is 1. The highest BCUT2D eigenvalue weighted by Crippen LogP contribution is 2.26. The van der Waals surface area contributed by atoms with Crippen LogP contribution in [-0.4, -0.2) is 9.78 Å². The zero-order valence-electron chi connectivity index (χ0n) is 9.70. The monoisotopic (exact) mass is 287 g/mol. The Morgan fingerprint density at radius 3 is 2.72 bits per heavy atom. The minimum Gasteiger partial charge on any atom is -0.322 e. The molecule has 1 aromatic carbocycles. The number of halogens is 3. The van der Waals surface area contributed by atoms with Gasteiger partial charge in [-0.1, -0.05) is 35.3 Å². The lowest BCUT2D eigenvalue weighted by Gasteiger charge is -2.13. The van der Waals surface area contributed by atoms with E-state index in [0.29, 0.717) is 22.7 Å². The molecule has 18 heavy (non-hydrogen) atoms. The summed E-state index contributed by atoms with van der Waals surface area (Å²) < 4.78 is 15.4. The molecule has 0 amide bonds. The minimum atomic E-state index is -0.437. The first-order chi connectivity index (χ1) is 8.50. The summed E-state index contributed by atoms with van der Waals surface area (Å²) in [6.07, 6.45) is 1.83.